The minimum Gasteiger partial charge on any atom is -0.207 e. The molecule has 2 aromatic rings. The molecule has 0 heterocycles. The molecular weight excluding hydrogens is 211 g/mol. The van der Waals surface area contributed by atoms with Crippen molar-refractivity contribution in [2.75, 3.05) is 0 Å². The van der Waals surface area contributed by atoms with Crippen molar-refractivity contribution < 1.29 is 4.39 Å². The fraction of sp³-hybridized carbons (Fsp3) is 0.0769. The van der Waals surface area contributed by atoms with Crippen LogP contribution in [0.15, 0.2) is 42.5 Å². The van der Waals surface area contributed by atoms with Crippen LogP contribution in [0.5, 0.6) is 0 Å². The first kappa shape index (κ1) is 10.2. The summed E-state index contributed by atoms with van der Waals surface area (Å²) in [6.07, 6.45) is 0. The van der Waals surface area contributed by atoms with Gasteiger partial charge in [-0.15, -0.1) is 0 Å². The van der Waals surface area contributed by atoms with Gasteiger partial charge >= 0.3 is 0 Å². The molecule has 0 fully saturated rings. The summed E-state index contributed by atoms with van der Waals surface area (Å²) >= 11 is 5.87. The van der Waals surface area contributed by atoms with Gasteiger partial charge in [0.2, 0.25) is 0 Å². The van der Waals surface area contributed by atoms with Crippen molar-refractivity contribution in [2.45, 2.75) is 6.92 Å². The highest BCUT2D eigenvalue weighted by Gasteiger charge is 2.02. The maximum Gasteiger partial charge on any atom is 0.126 e. The molecule has 0 radical (unpaired) electrons. The molecule has 0 aliphatic rings. The minimum absolute atomic E-state index is 0.188. The molecule has 0 saturated heterocycles. The largest absolute Gasteiger partial charge is 0.207 e. The number of hydrogen-bond acceptors (Lipinski definition) is 0. The number of aryl methyl sites for hydroxylation is 1. The summed E-state index contributed by atoms with van der Waals surface area (Å²) in [6, 6.07) is 12.6. The summed E-state index contributed by atoms with van der Waals surface area (Å²) in [4.78, 5) is 0. The van der Waals surface area contributed by atoms with Crippen molar-refractivity contribution in [2.24, 2.45) is 0 Å². The van der Waals surface area contributed by atoms with Crippen molar-refractivity contribution in [3.8, 4) is 11.1 Å². The molecule has 15 heavy (non-hydrogen) atoms. The van der Waals surface area contributed by atoms with E-state index in [1.807, 2.05) is 24.3 Å². The predicted octanol–water partition coefficient (Wildman–Crippen LogP) is 4.45. The molecule has 0 aliphatic heterocycles. The molecule has 76 valence electrons. The Morgan fingerprint density at radius 2 is 1.73 bits per heavy atom. The molecule has 0 unspecified atom stereocenters. The van der Waals surface area contributed by atoms with Crippen LogP contribution in [0, 0.1) is 12.7 Å². The first-order valence-corrected chi connectivity index (χ1v) is 5.07. The van der Waals surface area contributed by atoms with E-state index in [-0.39, 0.29) is 5.82 Å². The molecule has 0 amide bonds. The van der Waals surface area contributed by atoms with Gasteiger partial charge in [-0.05, 0) is 41.8 Å². The Labute approximate surface area is 93.3 Å². The van der Waals surface area contributed by atoms with Crippen LogP contribution in [0.1, 0.15) is 5.56 Å². The van der Waals surface area contributed by atoms with Crippen LogP contribution >= 0.6 is 11.6 Å². The Hall–Kier alpha value is -1.34. The van der Waals surface area contributed by atoms with E-state index in [4.69, 9.17) is 11.6 Å². The van der Waals surface area contributed by atoms with Gasteiger partial charge in [-0.1, -0.05) is 35.9 Å². The van der Waals surface area contributed by atoms with E-state index in [9.17, 15) is 4.39 Å². The monoisotopic (exact) mass is 220 g/mol. The molecule has 0 bridgehead atoms. The first-order valence-electron chi connectivity index (χ1n) is 4.69. The maximum absolute atomic E-state index is 13.3. The molecule has 0 aliphatic carbocycles. The summed E-state index contributed by atoms with van der Waals surface area (Å²) in [5.74, 6) is -0.188. The van der Waals surface area contributed by atoms with Gasteiger partial charge in [-0.2, -0.15) is 0 Å². The lowest BCUT2D eigenvalue weighted by Gasteiger charge is -2.03. The molecular formula is C13H10ClF. The van der Waals surface area contributed by atoms with Gasteiger partial charge in [0.15, 0.2) is 0 Å². The van der Waals surface area contributed by atoms with Crippen molar-refractivity contribution >= 4 is 11.6 Å². The zero-order valence-electron chi connectivity index (χ0n) is 8.30. The average Bonchev–Trinajstić information content (AvgIpc) is 2.22. The van der Waals surface area contributed by atoms with Crippen molar-refractivity contribution in [1.29, 1.82) is 0 Å². The third-order valence-electron chi connectivity index (χ3n) is 2.33. The smallest absolute Gasteiger partial charge is 0.126 e. The normalized spacial score (nSPS) is 10.3. The quantitative estimate of drug-likeness (QED) is 0.666. The molecule has 2 aromatic carbocycles. The van der Waals surface area contributed by atoms with E-state index in [0.717, 1.165) is 11.1 Å². The minimum atomic E-state index is -0.188. The average molecular weight is 221 g/mol. The summed E-state index contributed by atoms with van der Waals surface area (Å²) in [7, 11) is 0. The second kappa shape index (κ2) is 4.03. The van der Waals surface area contributed by atoms with Gasteiger partial charge < -0.3 is 0 Å². The van der Waals surface area contributed by atoms with Crippen LogP contribution in [-0.2, 0) is 0 Å². The maximum atomic E-state index is 13.3. The fourth-order valence-corrected chi connectivity index (χ4v) is 1.63. The Morgan fingerprint density at radius 1 is 1.00 bits per heavy atom. The van der Waals surface area contributed by atoms with Crippen LogP contribution < -0.4 is 0 Å². The van der Waals surface area contributed by atoms with Gasteiger partial charge in [0.25, 0.3) is 0 Å². The summed E-state index contributed by atoms with van der Waals surface area (Å²) in [5, 5.41) is 0.661. The Balaban J connectivity index is 2.50. The first-order chi connectivity index (χ1) is 7.16. The Bertz CT molecular complexity index is 492. The van der Waals surface area contributed by atoms with E-state index < -0.39 is 0 Å². The van der Waals surface area contributed by atoms with Crippen molar-refractivity contribution in [3.05, 3.63) is 58.9 Å². The van der Waals surface area contributed by atoms with Gasteiger partial charge in [0, 0.05) is 5.02 Å². The van der Waals surface area contributed by atoms with E-state index >= 15 is 0 Å². The number of halogens is 2. The fourth-order valence-electron chi connectivity index (χ4n) is 1.44. The molecule has 2 rings (SSSR count). The van der Waals surface area contributed by atoms with Crippen LogP contribution in [0.2, 0.25) is 5.02 Å². The molecule has 2 heteroatoms. The zero-order chi connectivity index (χ0) is 10.8. The molecule has 0 aromatic heterocycles. The molecule has 0 N–H and O–H groups in total. The molecule has 0 spiro atoms. The van der Waals surface area contributed by atoms with E-state index in [1.54, 1.807) is 19.1 Å². The van der Waals surface area contributed by atoms with Gasteiger partial charge in [-0.3, -0.25) is 0 Å². The summed E-state index contributed by atoms with van der Waals surface area (Å²) in [6.45, 7) is 1.75. The predicted molar refractivity (Wildman–Crippen MR) is 61.6 cm³/mol. The van der Waals surface area contributed by atoms with E-state index in [0.29, 0.717) is 10.6 Å². The highest BCUT2D eigenvalue weighted by atomic mass is 35.5. The molecule has 0 nitrogen and oxygen atoms in total. The van der Waals surface area contributed by atoms with Crippen LogP contribution in [0.4, 0.5) is 4.39 Å². The van der Waals surface area contributed by atoms with Crippen molar-refractivity contribution in [3.63, 3.8) is 0 Å². The highest BCUT2D eigenvalue weighted by molar-refractivity contribution is 6.30. The van der Waals surface area contributed by atoms with Crippen molar-refractivity contribution in [1.82, 2.24) is 0 Å². The second-order valence-corrected chi connectivity index (χ2v) is 3.91. The zero-order valence-corrected chi connectivity index (χ0v) is 9.05. The van der Waals surface area contributed by atoms with E-state index in [2.05, 4.69) is 0 Å². The number of rotatable bonds is 1. The lowest BCUT2D eigenvalue weighted by atomic mass is 10.0. The van der Waals surface area contributed by atoms with Gasteiger partial charge in [0.05, 0.1) is 0 Å². The Morgan fingerprint density at radius 3 is 2.40 bits per heavy atom. The summed E-state index contributed by atoms with van der Waals surface area (Å²) < 4.78 is 13.3. The summed E-state index contributed by atoms with van der Waals surface area (Å²) in [5.41, 5.74) is 2.43. The SMILES string of the molecule is Cc1ccc(-c2cccc(Cl)c2)cc1F. The number of benzene rings is 2. The van der Waals surface area contributed by atoms with Gasteiger partial charge in [-0.25, -0.2) is 4.39 Å². The lowest BCUT2D eigenvalue weighted by Crippen LogP contribution is -1.84. The lowest BCUT2D eigenvalue weighted by molar-refractivity contribution is 0.619. The topological polar surface area (TPSA) is 0 Å². The highest BCUT2D eigenvalue weighted by Crippen LogP contribution is 2.24. The molecule has 0 saturated carbocycles. The third-order valence-corrected chi connectivity index (χ3v) is 2.56. The third kappa shape index (κ3) is 2.18. The second-order valence-electron chi connectivity index (χ2n) is 3.47. The van der Waals surface area contributed by atoms with Crippen LogP contribution in [-0.4, -0.2) is 0 Å². The van der Waals surface area contributed by atoms with Gasteiger partial charge in [0.1, 0.15) is 5.82 Å². The number of hydrogen-bond donors (Lipinski definition) is 0. The Kier molecular flexibility index (Phi) is 2.74. The van der Waals surface area contributed by atoms with Crippen LogP contribution in [0.25, 0.3) is 11.1 Å². The van der Waals surface area contributed by atoms with Crippen LogP contribution in [0.3, 0.4) is 0 Å². The standard InChI is InChI=1S/C13H10ClF/c1-9-5-6-11(8-13(9)15)10-3-2-4-12(14)7-10/h2-8H,1H3. The van der Waals surface area contributed by atoms with E-state index in [1.165, 1.54) is 6.07 Å². The molecule has 0 atom stereocenters.